The molecule has 0 bridgehead atoms. The van der Waals surface area contributed by atoms with Crippen LogP contribution in [0.4, 0.5) is 0 Å². The van der Waals surface area contributed by atoms with Gasteiger partial charge in [-0.1, -0.05) is 119 Å². The maximum Gasteiger partial charge on any atom is 0.179 e. The van der Waals surface area contributed by atoms with Crippen LogP contribution in [-0.2, 0) is 0 Å². The predicted molar refractivity (Wildman–Crippen MR) is 145 cm³/mol. The van der Waals surface area contributed by atoms with Crippen molar-refractivity contribution in [2.24, 2.45) is 0 Å². The minimum atomic E-state index is -2.54. The highest BCUT2D eigenvalue weighted by molar-refractivity contribution is 9.10. The monoisotopic (exact) mass is 504 g/mol. The molecule has 3 heteroatoms. The Labute approximate surface area is 202 Å². The second-order valence-electron chi connectivity index (χ2n) is 8.30. The third kappa shape index (κ3) is 3.27. The van der Waals surface area contributed by atoms with Gasteiger partial charge in [0.05, 0.1) is 0 Å². The molecular weight excluding hydrogens is 484 g/mol. The smallest absolute Gasteiger partial charge is 0.179 e. The summed E-state index contributed by atoms with van der Waals surface area (Å²) in [6.45, 7) is 0. The topological polar surface area (TPSA) is 13.1 Å². The molecular formula is C30H21BrOSi. The van der Waals surface area contributed by atoms with Crippen LogP contribution in [0, 0.1) is 0 Å². The Kier molecular flexibility index (Phi) is 5.01. The molecule has 0 saturated carbocycles. The average molecular weight is 505 g/mol. The van der Waals surface area contributed by atoms with Crippen molar-refractivity contribution in [1.82, 2.24) is 0 Å². The molecule has 5 aromatic carbocycles. The van der Waals surface area contributed by atoms with Crippen molar-refractivity contribution in [2.75, 3.05) is 0 Å². The van der Waals surface area contributed by atoms with Gasteiger partial charge < -0.3 is 4.42 Å². The summed E-state index contributed by atoms with van der Waals surface area (Å²) in [4.78, 5) is 0. The molecule has 0 atom stereocenters. The van der Waals surface area contributed by atoms with Gasteiger partial charge in [0.2, 0.25) is 0 Å². The second-order valence-corrected chi connectivity index (χ2v) is 13.0. The zero-order valence-corrected chi connectivity index (χ0v) is 20.5. The first-order chi connectivity index (χ1) is 16.3. The van der Waals surface area contributed by atoms with Gasteiger partial charge in [0.1, 0.15) is 11.2 Å². The Hall–Kier alpha value is -3.40. The first-order valence-electron chi connectivity index (χ1n) is 11.1. The van der Waals surface area contributed by atoms with E-state index in [1.54, 1.807) is 0 Å². The number of hydrogen-bond donors (Lipinski definition) is 0. The Morgan fingerprint density at radius 1 is 0.455 bits per heavy atom. The molecule has 0 aliphatic heterocycles. The van der Waals surface area contributed by atoms with Gasteiger partial charge >= 0.3 is 0 Å². The SMILES string of the molecule is Brc1ccc2oc3ccc([Si](c4ccccc4)(c4ccccc4)c4ccccc4)cc3c2c1. The van der Waals surface area contributed by atoms with E-state index < -0.39 is 8.07 Å². The summed E-state index contributed by atoms with van der Waals surface area (Å²) in [7, 11) is -2.54. The van der Waals surface area contributed by atoms with Gasteiger partial charge in [0, 0.05) is 15.2 Å². The number of benzene rings is 5. The molecule has 0 N–H and O–H groups in total. The molecule has 1 heterocycles. The van der Waals surface area contributed by atoms with E-state index in [9.17, 15) is 0 Å². The maximum atomic E-state index is 6.19. The number of furan rings is 1. The largest absolute Gasteiger partial charge is 0.456 e. The van der Waals surface area contributed by atoms with Crippen LogP contribution in [0.25, 0.3) is 21.9 Å². The van der Waals surface area contributed by atoms with Crippen molar-refractivity contribution in [1.29, 1.82) is 0 Å². The van der Waals surface area contributed by atoms with Gasteiger partial charge in [-0.25, -0.2) is 0 Å². The first-order valence-corrected chi connectivity index (χ1v) is 13.8. The van der Waals surface area contributed by atoms with E-state index in [1.807, 2.05) is 12.1 Å². The van der Waals surface area contributed by atoms with E-state index in [0.29, 0.717) is 0 Å². The molecule has 0 spiro atoms. The summed E-state index contributed by atoms with van der Waals surface area (Å²) < 4.78 is 7.24. The quantitative estimate of drug-likeness (QED) is 0.221. The van der Waals surface area contributed by atoms with E-state index in [4.69, 9.17) is 4.42 Å². The van der Waals surface area contributed by atoms with Crippen molar-refractivity contribution in [3.63, 3.8) is 0 Å². The summed E-state index contributed by atoms with van der Waals surface area (Å²) in [6.07, 6.45) is 0. The number of rotatable bonds is 4. The number of fused-ring (bicyclic) bond motifs is 3. The average Bonchev–Trinajstić information content (AvgIpc) is 3.24. The van der Waals surface area contributed by atoms with E-state index in [1.165, 1.54) is 20.7 Å². The summed E-state index contributed by atoms with van der Waals surface area (Å²) >= 11 is 3.64. The molecule has 1 nitrogen and oxygen atoms in total. The second kappa shape index (κ2) is 8.18. The van der Waals surface area contributed by atoms with E-state index >= 15 is 0 Å². The molecule has 0 fully saturated rings. The minimum Gasteiger partial charge on any atom is -0.456 e. The lowest BCUT2D eigenvalue weighted by Gasteiger charge is -2.34. The van der Waals surface area contributed by atoms with E-state index in [2.05, 4.69) is 131 Å². The fourth-order valence-electron chi connectivity index (χ4n) is 5.05. The lowest BCUT2D eigenvalue weighted by molar-refractivity contribution is 0.669. The normalized spacial score (nSPS) is 11.8. The third-order valence-corrected chi connectivity index (χ3v) is 11.8. The molecule has 0 amide bonds. The van der Waals surface area contributed by atoms with Crippen LogP contribution in [0.2, 0.25) is 0 Å². The molecule has 33 heavy (non-hydrogen) atoms. The van der Waals surface area contributed by atoms with Crippen LogP contribution in [0.3, 0.4) is 0 Å². The first kappa shape index (κ1) is 20.2. The number of hydrogen-bond acceptors (Lipinski definition) is 1. The van der Waals surface area contributed by atoms with Crippen LogP contribution < -0.4 is 20.7 Å². The Morgan fingerprint density at radius 3 is 1.42 bits per heavy atom. The fraction of sp³-hybridized carbons (Fsp3) is 0. The van der Waals surface area contributed by atoms with Gasteiger partial charge in [-0.3, -0.25) is 0 Å². The summed E-state index contributed by atoms with van der Waals surface area (Å²) in [5.74, 6) is 0. The summed E-state index contributed by atoms with van der Waals surface area (Å²) in [6, 6.07) is 46.0. The Bertz CT molecular complexity index is 1460. The molecule has 158 valence electrons. The minimum absolute atomic E-state index is 0.914. The van der Waals surface area contributed by atoms with E-state index in [-0.39, 0.29) is 0 Å². The van der Waals surface area contributed by atoms with Gasteiger partial charge in [-0.2, -0.15) is 0 Å². The molecule has 6 aromatic rings. The van der Waals surface area contributed by atoms with Crippen LogP contribution >= 0.6 is 15.9 Å². The number of halogens is 1. The molecule has 0 radical (unpaired) electrons. The molecule has 1 aromatic heterocycles. The summed E-state index contributed by atoms with van der Waals surface area (Å²) in [5, 5.41) is 7.75. The van der Waals surface area contributed by atoms with Crippen LogP contribution in [0.1, 0.15) is 0 Å². The van der Waals surface area contributed by atoms with Gasteiger partial charge in [0.25, 0.3) is 0 Å². The molecule has 0 saturated heterocycles. The third-order valence-electron chi connectivity index (χ3n) is 6.48. The standard InChI is InChI=1S/C30H21BrOSi/c31-22-16-18-29-27(20-22)28-21-26(17-19-30(28)32-29)33(23-10-4-1-5-11-23,24-12-6-2-7-13-24)25-14-8-3-9-15-25/h1-21H. The zero-order chi connectivity index (χ0) is 22.3. The highest BCUT2D eigenvalue weighted by Crippen LogP contribution is 2.30. The van der Waals surface area contributed by atoms with Crippen LogP contribution in [0.5, 0.6) is 0 Å². The van der Waals surface area contributed by atoms with Crippen molar-refractivity contribution in [2.45, 2.75) is 0 Å². The van der Waals surface area contributed by atoms with Crippen LogP contribution in [-0.4, -0.2) is 8.07 Å². The van der Waals surface area contributed by atoms with E-state index in [0.717, 1.165) is 26.4 Å². The molecule has 0 aliphatic rings. The van der Waals surface area contributed by atoms with Crippen molar-refractivity contribution >= 4 is 66.7 Å². The summed E-state index contributed by atoms with van der Waals surface area (Å²) in [5.41, 5.74) is 1.83. The molecule has 6 rings (SSSR count). The molecule has 0 unspecified atom stereocenters. The molecule has 0 aliphatic carbocycles. The Morgan fingerprint density at radius 2 is 0.909 bits per heavy atom. The van der Waals surface area contributed by atoms with Gasteiger partial charge in [-0.05, 0) is 45.0 Å². The predicted octanol–water partition coefficient (Wildman–Crippen LogP) is 5.73. The van der Waals surface area contributed by atoms with Crippen molar-refractivity contribution in [3.8, 4) is 0 Å². The lowest BCUT2D eigenvalue weighted by atomic mass is 10.1. The van der Waals surface area contributed by atoms with Crippen molar-refractivity contribution in [3.05, 3.63) is 132 Å². The fourth-order valence-corrected chi connectivity index (χ4v) is 10.2. The van der Waals surface area contributed by atoms with Crippen molar-refractivity contribution < 1.29 is 4.42 Å². The van der Waals surface area contributed by atoms with Gasteiger partial charge in [0.15, 0.2) is 8.07 Å². The Balaban J connectivity index is 1.75. The lowest BCUT2D eigenvalue weighted by Crippen LogP contribution is -2.74. The van der Waals surface area contributed by atoms with Gasteiger partial charge in [-0.15, -0.1) is 0 Å². The highest BCUT2D eigenvalue weighted by atomic mass is 79.9. The maximum absolute atomic E-state index is 6.19. The highest BCUT2D eigenvalue weighted by Gasteiger charge is 2.41. The zero-order valence-electron chi connectivity index (χ0n) is 17.9. The van der Waals surface area contributed by atoms with Crippen LogP contribution in [0.15, 0.2) is 136 Å².